The zero-order chi connectivity index (χ0) is 21.1. The van der Waals surface area contributed by atoms with Gasteiger partial charge in [-0.15, -0.1) is 0 Å². The number of hydrogen-bond acceptors (Lipinski definition) is 6. The largest absolute Gasteiger partial charge is 0.444 e. The first-order valence-corrected chi connectivity index (χ1v) is 9.62. The van der Waals surface area contributed by atoms with E-state index in [1.54, 1.807) is 6.92 Å². The molecule has 1 unspecified atom stereocenters. The van der Waals surface area contributed by atoms with Gasteiger partial charge in [-0.2, -0.15) is 0 Å². The Morgan fingerprint density at radius 2 is 1.26 bits per heavy atom. The molecule has 0 aromatic heterocycles. The molecule has 0 saturated heterocycles. The third kappa shape index (κ3) is 17.6. The first-order valence-electron chi connectivity index (χ1n) is 9.62. The summed E-state index contributed by atoms with van der Waals surface area (Å²) in [6, 6.07) is 0. The topological polar surface area (TPSA) is 100 Å². The summed E-state index contributed by atoms with van der Waals surface area (Å²) in [6.45, 7) is 15.7. The monoisotopic (exact) mass is 389 g/mol. The van der Waals surface area contributed by atoms with Crippen LogP contribution in [0.15, 0.2) is 0 Å². The Hall–Kier alpha value is -1.54. The Labute approximate surface area is 164 Å². The molecule has 8 nitrogen and oxygen atoms in total. The first-order chi connectivity index (χ1) is 12.3. The molecule has 3 N–H and O–H groups in total. The quantitative estimate of drug-likeness (QED) is 0.497. The van der Waals surface area contributed by atoms with Crippen LogP contribution in [0.2, 0.25) is 0 Å². The second kappa shape index (κ2) is 12.0. The van der Waals surface area contributed by atoms with E-state index in [1.165, 1.54) is 0 Å². The molecule has 160 valence electrons. The predicted octanol–water partition coefficient (Wildman–Crippen LogP) is 2.50. The van der Waals surface area contributed by atoms with E-state index in [0.29, 0.717) is 19.6 Å². The average molecular weight is 390 g/mol. The fourth-order valence-electron chi connectivity index (χ4n) is 2.28. The Morgan fingerprint density at radius 1 is 0.889 bits per heavy atom. The van der Waals surface area contributed by atoms with E-state index in [1.807, 2.05) is 41.5 Å². The van der Waals surface area contributed by atoms with Crippen molar-refractivity contribution in [3.05, 3.63) is 0 Å². The lowest BCUT2D eigenvalue weighted by atomic mass is 10.2. The number of aliphatic hydroxyl groups is 1. The maximum atomic E-state index is 11.6. The molecule has 0 fully saturated rings. The summed E-state index contributed by atoms with van der Waals surface area (Å²) in [5.74, 6) is 0. The van der Waals surface area contributed by atoms with Crippen molar-refractivity contribution < 1.29 is 24.2 Å². The van der Waals surface area contributed by atoms with Crippen LogP contribution in [0.25, 0.3) is 0 Å². The lowest BCUT2D eigenvalue weighted by molar-refractivity contribution is 0.0516. The van der Waals surface area contributed by atoms with Gasteiger partial charge in [0.15, 0.2) is 0 Å². The van der Waals surface area contributed by atoms with Crippen LogP contribution < -0.4 is 10.6 Å². The highest BCUT2D eigenvalue weighted by Crippen LogP contribution is 2.07. The summed E-state index contributed by atoms with van der Waals surface area (Å²) in [4.78, 5) is 25.3. The third-order valence-electron chi connectivity index (χ3n) is 3.16. The lowest BCUT2D eigenvalue weighted by Crippen LogP contribution is -2.38. The van der Waals surface area contributed by atoms with Gasteiger partial charge in [-0.3, -0.25) is 0 Å². The standard InChI is InChI=1S/C19H39N3O5/c1-15(23)14-22(12-8-10-20-16(24)26-18(2,3)4)13-9-11-21-17(25)27-19(5,6)7/h15,23H,8-14H2,1-7H3,(H,20,24)(H,21,25). The molecule has 0 rings (SSSR count). The van der Waals surface area contributed by atoms with Gasteiger partial charge in [0.05, 0.1) is 6.10 Å². The Kier molecular flexibility index (Phi) is 11.3. The molecule has 0 aromatic carbocycles. The van der Waals surface area contributed by atoms with Crippen LogP contribution in [-0.2, 0) is 9.47 Å². The van der Waals surface area contributed by atoms with Gasteiger partial charge in [-0.25, -0.2) is 9.59 Å². The molecule has 0 aromatic rings. The summed E-state index contributed by atoms with van der Waals surface area (Å²) in [5.41, 5.74) is -1.02. The van der Waals surface area contributed by atoms with E-state index in [9.17, 15) is 14.7 Å². The number of alkyl carbamates (subject to hydrolysis) is 2. The van der Waals surface area contributed by atoms with Gasteiger partial charge < -0.3 is 30.1 Å². The number of hydrogen-bond donors (Lipinski definition) is 3. The van der Waals surface area contributed by atoms with Crippen molar-refractivity contribution >= 4 is 12.2 Å². The highest BCUT2D eigenvalue weighted by molar-refractivity contribution is 5.67. The van der Waals surface area contributed by atoms with Crippen molar-refractivity contribution in [1.82, 2.24) is 15.5 Å². The lowest BCUT2D eigenvalue weighted by Gasteiger charge is -2.24. The molecule has 0 aliphatic rings. The van der Waals surface area contributed by atoms with Gasteiger partial charge in [0.25, 0.3) is 0 Å². The van der Waals surface area contributed by atoms with Crippen molar-refractivity contribution in [2.45, 2.75) is 78.6 Å². The Bertz CT molecular complexity index is 406. The fraction of sp³-hybridized carbons (Fsp3) is 0.895. The average Bonchev–Trinajstić information content (AvgIpc) is 2.43. The van der Waals surface area contributed by atoms with Gasteiger partial charge in [-0.05, 0) is 74.4 Å². The van der Waals surface area contributed by atoms with E-state index >= 15 is 0 Å². The number of amides is 2. The Morgan fingerprint density at radius 3 is 1.56 bits per heavy atom. The van der Waals surface area contributed by atoms with Crippen LogP contribution in [0.3, 0.4) is 0 Å². The molecule has 2 amide bonds. The maximum Gasteiger partial charge on any atom is 0.407 e. The van der Waals surface area contributed by atoms with E-state index in [-0.39, 0.29) is 0 Å². The molecular formula is C19H39N3O5. The van der Waals surface area contributed by atoms with Crippen molar-refractivity contribution in [3.8, 4) is 0 Å². The van der Waals surface area contributed by atoms with Crippen molar-refractivity contribution in [1.29, 1.82) is 0 Å². The highest BCUT2D eigenvalue weighted by atomic mass is 16.6. The normalized spacial score (nSPS) is 13.2. The highest BCUT2D eigenvalue weighted by Gasteiger charge is 2.17. The molecule has 0 radical (unpaired) electrons. The summed E-state index contributed by atoms with van der Waals surface area (Å²) >= 11 is 0. The minimum Gasteiger partial charge on any atom is -0.444 e. The summed E-state index contributed by atoms with van der Waals surface area (Å²) in [7, 11) is 0. The second-order valence-electron chi connectivity index (χ2n) is 8.71. The van der Waals surface area contributed by atoms with Gasteiger partial charge in [0.2, 0.25) is 0 Å². The predicted molar refractivity (Wildman–Crippen MR) is 106 cm³/mol. The van der Waals surface area contributed by atoms with Crippen LogP contribution in [0.4, 0.5) is 9.59 Å². The fourth-order valence-corrected chi connectivity index (χ4v) is 2.28. The van der Waals surface area contributed by atoms with Crippen LogP contribution in [0.1, 0.15) is 61.3 Å². The molecule has 0 saturated carbocycles. The maximum absolute atomic E-state index is 11.6. The van der Waals surface area contributed by atoms with Crippen molar-refractivity contribution in [2.75, 3.05) is 32.7 Å². The summed E-state index contributed by atoms with van der Waals surface area (Å²) < 4.78 is 10.4. The van der Waals surface area contributed by atoms with Crippen LogP contribution >= 0.6 is 0 Å². The molecule has 0 spiro atoms. The van der Waals surface area contributed by atoms with E-state index in [2.05, 4.69) is 15.5 Å². The SMILES string of the molecule is CC(O)CN(CCCNC(=O)OC(C)(C)C)CCCNC(=O)OC(C)(C)C. The Balaban J connectivity index is 4.08. The smallest absolute Gasteiger partial charge is 0.407 e. The molecule has 0 aliphatic heterocycles. The molecule has 0 bridgehead atoms. The van der Waals surface area contributed by atoms with Crippen molar-refractivity contribution in [3.63, 3.8) is 0 Å². The van der Waals surface area contributed by atoms with Gasteiger partial charge in [0, 0.05) is 19.6 Å². The first kappa shape index (κ1) is 25.5. The number of ether oxygens (including phenoxy) is 2. The summed E-state index contributed by atoms with van der Waals surface area (Å²) in [5, 5.41) is 15.1. The number of rotatable bonds is 10. The number of nitrogens with one attached hydrogen (secondary N) is 2. The zero-order valence-corrected chi connectivity index (χ0v) is 18.1. The molecule has 27 heavy (non-hydrogen) atoms. The van der Waals surface area contributed by atoms with Crippen LogP contribution in [0.5, 0.6) is 0 Å². The van der Waals surface area contributed by atoms with Gasteiger partial charge >= 0.3 is 12.2 Å². The zero-order valence-electron chi connectivity index (χ0n) is 18.1. The van der Waals surface area contributed by atoms with Crippen LogP contribution in [0, 0.1) is 0 Å². The minimum absolute atomic E-state index is 0.425. The van der Waals surface area contributed by atoms with Crippen molar-refractivity contribution in [2.24, 2.45) is 0 Å². The third-order valence-corrected chi connectivity index (χ3v) is 3.16. The second-order valence-corrected chi connectivity index (χ2v) is 8.71. The van der Waals surface area contributed by atoms with E-state index < -0.39 is 29.5 Å². The van der Waals surface area contributed by atoms with Gasteiger partial charge in [0.1, 0.15) is 11.2 Å². The summed E-state index contributed by atoms with van der Waals surface area (Å²) in [6.07, 6.45) is 0.191. The molecule has 8 heteroatoms. The molecular weight excluding hydrogens is 350 g/mol. The molecule has 0 heterocycles. The number of carbonyl (C=O) groups is 2. The van der Waals surface area contributed by atoms with Gasteiger partial charge in [-0.1, -0.05) is 0 Å². The minimum atomic E-state index is -0.510. The van der Waals surface area contributed by atoms with E-state index in [4.69, 9.17) is 9.47 Å². The van der Waals surface area contributed by atoms with Crippen LogP contribution in [-0.4, -0.2) is 72.2 Å². The number of aliphatic hydroxyl groups excluding tert-OH is 1. The number of carbonyl (C=O) groups excluding carboxylic acids is 2. The molecule has 1 atom stereocenters. The molecule has 0 aliphatic carbocycles. The van der Waals surface area contributed by atoms with E-state index in [0.717, 1.165) is 25.9 Å². The number of nitrogens with zero attached hydrogens (tertiary/aromatic N) is 1.